The molecule has 0 aromatic heterocycles. The van der Waals surface area contributed by atoms with Crippen LogP contribution in [0.15, 0.2) is 48.5 Å². The number of carbonyl (C=O) groups excluding carboxylic acids is 2. The van der Waals surface area contributed by atoms with Gasteiger partial charge in [0.15, 0.2) is 0 Å². The van der Waals surface area contributed by atoms with Crippen molar-refractivity contribution in [3.8, 4) is 11.5 Å². The van der Waals surface area contributed by atoms with Gasteiger partial charge in [-0.25, -0.2) is 0 Å². The van der Waals surface area contributed by atoms with Crippen molar-refractivity contribution in [2.75, 3.05) is 13.7 Å². The van der Waals surface area contributed by atoms with Crippen LogP contribution in [0.1, 0.15) is 43.1 Å². The fourth-order valence-corrected chi connectivity index (χ4v) is 2.33. The van der Waals surface area contributed by atoms with Crippen LogP contribution in [0.3, 0.4) is 0 Å². The van der Waals surface area contributed by atoms with E-state index in [-0.39, 0.29) is 24.3 Å². The Balaban J connectivity index is 1.79. The molecule has 5 heteroatoms. The predicted molar refractivity (Wildman–Crippen MR) is 101 cm³/mol. The summed E-state index contributed by atoms with van der Waals surface area (Å²) in [6.07, 6.45) is 0.0951. The van der Waals surface area contributed by atoms with Gasteiger partial charge >= 0.3 is 5.97 Å². The number of benzene rings is 2. The Morgan fingerprint density at radius 1 is 0.923 bits per heavy atom. The molecule has 0 saturated heterocycles. The first-order valence-electron chi connectivity index (χ1n) is 8.53. The molecule has 5 nitrogen and oxygen atoms in total. The van der Waals surface area contributed by atoms with Gasteiger partial charge in [-0.2, -0.15) is 0 Å². The third-order valence-corrected chi connectivity index (χ3v) is 3.92. The molecule has 1 N–H and O–H groups in total. The summed E-state index contributed by atoms with van der Waals surface area (Å²) >= 11 is 0. The molecule has 0 radical (unpaired) electrons. The van der Waals surface area contributed by atoms with E-state index in [2.05, 4.69) is 26.1 Å². The third-order valence-electron chi connectivity index (χ3n) is 3.92. The lowest BCUT2D eigenvalue weighted by Crippen LogP contribution is -2.27. The van der Waals surface area contributed by atoms with Crippen molar-refractivity contribution in [3.05, 3.63) is 59.7 Å². The topological polar surface area (TPSA) is 64.6 Å². The normalized spacial score (nSPS) is 10.9. The number of esters is 1. The molecule has 138 valence electrons. The zero-order chi connectivity index (χ0) is 19.2. The molecule has 0 spiro atoms. The Morgan fingerprint density at radius 3 is 2.04 bits per heavy atom. The first kappa shape index (κ1) is 19.5. The highest BCUT2D eigenvalue weighted by molar-refractivity contribution is 5.94. The second-order valence-corrected chi connectivity index (χ2v) is 6.98. The zero-order valence-corrected chi connectivity index (χ0v) is 15.7. The van der Waals surface area contributed by atoms with Crippen molar-refractivity contribution < 1.29 is 19.1 Å². The number of hydrogen-bond acceptors (Lipinski definition) is 4. The van der Waals surface area contributed by atoms with E-state index in [0.29, 0.717) is 17.1 Å². The quantitative estimate of drug-likeness (QED) is 0.634. The van der Waals surface area contributed by atoms with E-state index in [4.69, 9.17) is 9.47 Å². The number of nitrogens with one attached hydrogen (secondary N) is 1. The van der Waals surface area contributed by atoms with Crippen LogP contribution in [0.25, 0.3) is 0 Å². The molecule has 2 rings (SSSR count). The van der Waals surface area contributed by atoms with E-state index in [0.717, 1.165) is 5.56 Å². The molecule has 0 unspecified atom stereocenters. The lowest BCUT2D eigenvalue weighted by atomic mass is 9.87. The predicted octanol–water partition coefficient (Wildman–Crippen LogP) is 3.72. The highest BCUT2D eigenvalue weighted by atomic mass is 16.5. The van der Waals surface area contributed by atoms with E-state index in [1.165, 1.54) is 0 Å². The Morgan fingerprint density at radius 2 is 1.50 bits per heavy atom. The lowest BCUT2D eigenvalue weighted by molar-refractivity contribution is -0.134. The van der Waals surface area contributed by atoms with Crippen LogP contribution in [0.4, 0.5) is 0 Å². The Kier molecular flexibility index (Phi) is 6.39. The van der Waals surface area contributed by atoms with Gasteiger partial charge in [0.2, 0.25) is 0 Å². The van der Waals surface area contributed by atoms with E-state index in [9.17, 15) is 9.59 Å². The molecule has 0 aliphatic heterocycles. The summed E-state index contributed by atoms with van der Waals surface area (Å²) in [4.78, 5) is 24.0. The van der Waals surface area contributed by atoms with E-state index < -0.39 is 5.97 Å². The first-order valence-corrected chi connectivity index (χ1v) is 8.53. The van der Waals surface area contributed by atoms with Gasteiger partial charge in [0.25, 0.3) is 5.91 Å². The van der Waals surface area contributed by atoms with Crippen molar-refractivity contribution in [2.45, 2.75) is 32.6 Å². The summed E-state index contributed by atoms with van der Waals surface area (Å²) in [7, 11) is 1.57. The number of carbonyl (C=O) groups is 2. The summed E-state index contributed by atoms with van der Waals surface area (Å²) < 4.78 is 10.3. The number of hydrogen-bond donors (Lipinski definition) is 1. The number of ether oxygens (including phenoxy) is 2. The summed E-state index contributed by atoms with van der Waals surface area (Å²) in [5.41, 5.74) is 1.78. The van der Waals surface area contributed by atoms with Gasteiger partial charge in [-0.1, -0.05) is 32.9 Å². The minimum atomic E-state index is -0.404. The highest BCUT2D eigenvalue weighted by Crippen LogP contribution is 2.22. The molecule has 0 saturated carbocycles. The molecular formula is C21H25NO4. The fourth-order valence-electron chi connectivity index (χ4n) is 2.33. The maximum Gasteiger partial charge on any atom is 0.312 e. The van der Waals surface area contributed by atoms with Crippen LogP contribution in [-0.4, -0.2) is 25.5 Å². The highest BCUT2D eigenvalue weighted by Gasteiger charge is 2.14. The second-order valence-electron chi connectivity index (χ2n) is 6.98. The van der Waals surface area contributed by atoms with Gasteiger partial charge in [-0.15, -0.1) is 0 Å². The van der Waals surface area contributed by atoms with E-state index in [1.54, 1.807) is 43.5 Å². The molecule has 0 heterocycles. The van der Waals surface area contributed by atoms with Gasteiger partial charge in [-0.3, -0.25) is 9.59 Å². The van der Waals surface area contributed by atoms with Crippen LogP contribution in [-0.2, 0) is 10.2 Å². The van der Waals surface area contributed by atoms with Gasteiger partial charge < -0.3 is 14.8 Å². The molecular weight excluding hydrogens is 330 g/mol. The van der Waals surface area contributed by atoms with Crippen LogP contribution < -0.4 is 14.8 Å². The van der Waals surface area contributed by atoms with Crippen LogP contribution >= 0.6 is 0 Å². The third kappa shape index (κ3) is 5.62. The smallest absolute Gasteiger partial charge is 0.312 e. The monoisotopic (exact) mass is 355 g/mol. The number of methoxy groups -OCH3 is 1. The van der Waals surface area contributed by atoms with Crippen molar-refractivity contribution in [1.29, 1.82) is 0 Å². The Bertz CT molecular complexity index is 743. The van der Waals surface area contributed by atoms with Crippen molar-refractivity contribution >= 4 is 11.9 Å². The molecule has 0 aliphatic rings. The Hall–Kier alpha value is -2.82. The van der Waals surface area contributed by atoms with Crippen molar-refractivity contribution in [3.63, 3.8) is 0 Å². The molecule has 0 bridgehead atoms. The molecule has 1 amide bonds. The minimum Gasteiger partial charge on any atom is -0.497 e. The maximum atomic E-state index is 12.1. The maximum absolute atomic E-state index is 12.1. The van der Waals surface area contributed by atoms with Gasteiger partial charge in [0, 0.05) is 12.1 Å². The molecule has 0 atom stereocenters. The summed E-state index contributed by atoms with van der Waals surface area (Å²) in [5, 5.41) is 2.73. The fraction of sp³-hybridized carbons (Fsp3) is 0.333. The molecule has 2 aromatic carbocycles. The largest absolute Gasteiger partial charge is 0.497 e. The molecule has 0 fully saturated rings. The van der Waals surface area contributed by atoms with E-state index >= 15 is 0 Å². The van der Waals surface area contributed by atoms with Gasteiger partial charge in [0.1, 0.15) is 11.5 Å². The standard InChI is InChI=1S/C21H25NO4/c1-21(2,3)16-7-5-15(6-8-16)20(24)22-14-13-19(23)26-18-11-9-17(25-4)10-12-18/h5-12H,13-14H2,1-4H3,(H,22,24). The Labute approximate surface area is 154 Å². The van der Waals surface area contributed by atoms with Crippen LogP contribution in [0.2, 0.25) is 0 Å². The van der Waals surface area contributed by atoms with Crippen LogP contribution in [0, 0.1) is 0 Å². The van der Waals surface area contributed by atoms with Crippen molar-refractivity contribution in [2.24, 2.45) is 0 Å². The summed E-state index contributed by atoms with van der Waals surface area (Å²) in [6, 6.07) is 14.2. The van der Waals surface area contributed by atoms with E-state index in [1.807, 2.05) is 12.1 Å². The van der Waals surface area contributed by atoms with Crippen molar-refractivity contribution in [1.82, 2.24) is 5.32 Å². The molecule has 0 aliphatic carbocycles. The van der Waals surface area contributed by atoms with Gasteiger partial charge in [0.05, 0.1) is 13.5 Å². The average molecular weight is 355 g/mol. The van der Waals surface area contributed by atoms with Crippen LogP contribution in [0.5, 0.6) is 11.5 Å². The SMILES string of the molecule is COc1ccc(OC(=O)CCNC(=O)c2ccc(C(C)(C)C)cc2)cc1. The molecule has 26 heavy (non-hydrogen) atoms. The lowest BCUT2D eigenvalue weighted by Gasteiger charge is -2.19. The number of rotatable bonds is 6. The number of amides is 1. The first-order chi connectivity index (χ1) is 12.3. The summed E-state index contributed by atoms with van der Waals surface area (Å²) in [6.45, 7) is 6.58. The average Bonchev–Trinajstić information content (AvgIpc) is 2.61. The second kappa shape index (κ2) is 8.52. The summed E-state index contributed by atoms with van der Waals surface area (Å²) in [5.74, 6) is 0.524. The van der Waals surface area contributed by atoms with Gasteiger partial charge in [-0.05, 0) is 47.4 Å². The zero-order valence-electron chi connectivity index (χ0n) is 15.7. The molecule has 2 aromatic rings. The minimum absolute atomic E-state index is 0.0419.